The minimum Gasteiger partial charge on any atom is -0.349 e. The van der Waals surface area contributed by atoms with Gasteiger partial charge in [-0.25, -0.2) is 4.98 Å². The number of rotatable bonds is 5. The molecule has 0 aromatic carbocycles. The Hall–Kier alpha value is -1.39. The number of hydrogen-bond donors (Lipinski definition) is 2. The standard InChI is InChI=1S/C14H24N4O/c1-3-12-16-13(18-17-12)14(19)15-9-8-11-6-4-10(2)5-7-11/h10-11H,3-9H2,1-2H3,(H,15,19)(H,16,17,18). The molecule has 1 aromatic heterocycles. The lowest BCUT2D eigenvalue weighted by Gasteiger charge is -2.25. The van der Waals surface area contributed by atoms with Gasteiger partial charge in [-0.05, 0) is 18.3 Å². The molecule has 0 bridgehead atoms. The molecule has 1 aliphatic carbocycles. The van der Waals surface area contributed by atoms with Gasteiger partial charge in [-0.1, -0.05) is 39.5 Å². The molecule has 1 aromatic rings. The van der Waals surface area contributed by atoms with Crippen LogP contribution in [0.1, 0.15) is 62.4 Å². The third kappa shape index (κ3) is 4.04. The Labute approximate surface area is 114 Å². The zero-order valence-electron chi connectivity index (χ0n) is 11.9. The molecule has 1 saturated carbocycles. The second kappa shape index (κ2) is 6.68. The van der Waals surface area contributed by atoms with Gasteiger partial charge >= 0.3 is 0 Å². The van der Waals surface area contributed by atoms with Crippen molar-refractivity contribution in [3.8, 4) is 0 Å². The van der Waals surface area contributed by atoms with Crippen LogP contribution in [0.2, 0.25) is 0 Å². The molecule has 1 aliphatic rings. The maximum Gasteiger partial charge on any atom is 0.290 e. The lowest BCUT2D eigenvalue weighted by molar-refractivity contribution is 0.0939. The monoisotopic (exact) mass is 264 g/mol. The summed E-state index contributed by atoms with van der Waals surface area (Å²) in [7, 11) is 0. The van der Waals surface area contributed by atoms with Crippen molar-refractivity contribution < 1.29 is 4.79 Å². The summed E-state index contributed by atoms with van der Waals surface area (Å²) < 4.78 is 0. The third-order valence-electron chi connectivity index (χ3n) is 4.04. The van der Waals surface area contributed by atoms with E-state index < -0.39 is 0 Å². The van der Waals surface area contributed by atoms with Gasteiger partial charge in [0.05, 0.1) is 0 Å². The lowest BCUT2D eigenvalue weighted by Crippen LogP contribution is -2.27. The van der Waals surface area contributed by atoms with Gasteiger partial charge in [-0.15, -0.1) is 5.10 Å². The van der Waals surface area contributed by atoms with E-state index in [9.17, 15) is 4.79 Å². The largest absolute Gasteiger partial charge is 0.349 e. The Morgan fingerprint density at radius 2 is 2.11 bits per heavy atom. The highest BCUT2D eigenvalue weighted by Crippen LogP contribution is 2.29. The van der Waals surface area contributed by atoms with E-state index in [1.807, 2.05) is 6.92 Å². The van der Waals surface area contributed by atoms with Gasteiger partial charge < -0.3 is 5.32 Å². The van der Waals surface area contributed by atoms with Crippen molar-refractivity contribution >= 4 is 5.91 Å². The fourth-order valence-electron chi connectivity index (χ4n) is 2.64. The van der Waals surface area contributed by atoms with Crippen LogP contribution in [0, 0.1) is 11.8 Å². The molecule has 0 atom stereocenters. The predicted molar refractivity (Wildman–Crippen MR) is 73.8 cm³/mol. The highest BCUT2D eigenvalue weighted by Gasteiger charge is 2.18. The number of aryl methyl sites for hydroxylation is 1. The first-order valence-electron chi connectivity index (χ1n) is 7.38. The quantitative estimate of drug-likeness (QED) is 0.857. The molecule has 5 heteroatoms. The van der Waals surface area contributed by atoms with E-state index >= 15 is 0 Å². The second-order valence-electron chi connectivity index (χ2n) is 5.63. The highest BCUT2D eigenvalue weighted by atomic mass is 16.2. The van der Waals surface area contributed by atoms with E-state index in [4.69, 9.17) is 0 Å². The first kappa shape index (κ1) is 14.0. The first-order chi connectivity index (χ1) is 9.19. The number of hydrogen-bond acceptors (Lipinski definition) is 3. The molecular formula is C14H24N4O. The number of aromatic amines is 1. The van der Waals surface area contributed by atoms with Crippen molar-refractivity contribution in [1.82, 2.24) is 20.5 Å². The summed E-state index contributed by atoms with van der Waals surface area (Å²) in [4.78, 5) is 15.9. The minimum atomic E-state index is -0.167. The maximum atomic E-state index is 11.8. The van der Waals surface area contributed by atoms with Crippen LogP contribution in [0.25, 0.3) is 0 Å². The summed E-state index contributed by atoms with van der Waals surface area (Å²) in [6.45, 7) is 5.03. The fraction of sp³-hybridized carbons (Fsp3) is 0.786. The van der Waals surface area contributed by atoms with Gasteiger partial charge in [0.25, 0.3) is 5.91 Å². The average Bonchev–Trinajstić information content (AvgIpc) is 2.90. The van der Waals surface area contributed by atoms with Crippen LogP contribution in [0.5, 0.6) is 0 Å². The van der Waals surface area contributed by atoms with E-state index in [-0.39, 0.29) is 11.7 Å². The Morgan fingerprint density at radius 1 is 1.37 bits per heavy atom. The molecule has 0 radical (unpaired) electrons. The normalized spacial score (nSPS) is 23.3. The second-order valence-corrected chi connectivity index (χ2v) is 5.63. The zero-order chi connectivity index (χ0) is 13.7. The van der Waals surface area contributed by atoms with E-state index in [0.29, 0.717) is 0 Å². The molecule has 2 N–H and O–H groups in total. The molecule has 19 heavy (non-hydrogen) atoms. The van der Waals surface area contributed by atoms with Gasteiger partial charge in [0, 0.05) is 13.0 Å². The number of amides is 1. The van der Waals surface area contributed by atoms with Crippen LogP contribution >= 0.6 is 0 Å². The average molecular weight is 264 g/mol. The molecule has 1 heterocycles. The Kier molecular flexibility index (Phi) is 4.93. The number of H-pyrrole nitrogens is 1. The first-order valence-corrected chi connectivity index (χ1v) is 7.38. The highest BCUT2D eigenvalue weighted by molar-refractivity contribution is 5.90. The summed E-state index contributed by atoms with van der Waals surface area (Å²) in [6.07, 6.45) is 7.11. The molecule has 0 saturated heterocycles. The molecule has 0 spiro atoms. The van der Waals surface area contributed by atoms with Gasteiger partial charge in [0.2, 0.25) is 5.82 Å². The maximum absolute atomic E-state index is 11.8. The van der Waals surface area contributed by atoms with Crippen molar-refractivity contribution in [2.45, 2.75) is 52.4 Å². The number of nitrogens with one attached hydrogen (secondary N) is 2. The summed E-state index contributed by atoms with van der Waals surface area (Å²) in [5.41, 5.74) is 0. The van der Waals surface area contributed by atoms with E-state index in [2.05, 4.69) is 27.4 Å². The topological polar surface area (TPSA) is 70.7 Å². The molecule has 2 rings (SSSR count). The SMILES string of the molecule is CCc1nc(C(=O)NCCC2CCC(C)CC2)n[nH]1. The van der Waals surface area contributed by atoms with Crippen molar-refractivity contribution in [2.24, 2.45) is 11.8 Å². The molecular weight excluding hydrogens is 240 g/mol. The van der Waals surface area contributed by atoms with Gasteiger partial charge in [-0.3, -0.25) is 9.89 Å². The third-order valence-corrected chi connectivity index (χ3v) is 4.04. The molecule has 106 valence electrons. The van der Waals surface area contributed by atoms with Crippen LogP contribution in [0.15, 0.2) is 0 Å². The molecule has 0 unspecified atom stereocenters. The summed E-state index contributed by atoms with van der Waals surface area (Å²) in [5, 5.41) is 9.58. The Bertz CT molecular complexity index is 407. The van der Waals surface area contributed by atoms with Crippen LogP contribution in [0.3, 0.4) is 0 Å². The number of nitrogens with zero attached hydrogens (tertiary/aromatic N) is 2. The molecule has 1 fully saturated rings. The van der Waals surface area contributed by atoms with Crippen molar-refractivity contribution in [3.05, 3.63) is 11.6 Å². The minimum absolute atomic E-state index is 0.167. The predicted octanol–water partition coefficient (Wildman–Crippen LogP) is 2.31. The van der Waals surface area contributed by atoms with Crippen molar-refractivity contribution in [1.29, 1.82) is 0 Å². The summed E-state index contributed by atoms with van der Waals surface area (Å²) in [5.74, 6) is 2.50. The summed E-state index contributed by atoms with van der Waals surface area (Å²) in [6, 6.07) is 0. The Balaban J connectivity index is 1.69. The van der Waals surface area contributed by atoms with Gasteiger partial charge in [0.15, 0.2) is 0 Å². The van der Waals surface area contributed by atoms with Crippen LogP contribution in [0.4, 0.5) is 0 Å². The van der Waals surface area contributed by atoms with E-state index in [1.165, 1.54) is 25.7 Å². The molecule has 1 amide bonds. The van der Waals surface area contributed by atoms with Crippen molar-refractivity contribution in [3.63, 3.8) is 0 Å². The number of carbonyl (C=O) groups excluding carboxylic acids is 1. The van der Waals surface area contributed by atoms with Crippen LogP contribution in [-0.4, -0.2) is 27.6 Å². The fourth-order valence-corrected chi connectivity index (χ4v) is 2.64. The van der Waals surface area contributed by atoms with E-state index in [1.54, 1.807) is 0 Å². The Morgan fingerprint density at radius 3 is 2.74 bits per heavy atom. The van der Waals surface area contributed by atoms with Gasteiger partial charge in [-0.2, -0.15) is 0 Å². The molecule has 0 aliphatic heterocycles. The smallest absolute Gasteiger partial charge is 0.290 e. The van der Waals surface area contributed by atoms with Crippen LogP contribution < -0.4 is 5.32 Å². The van der Waals surface area contributed by atoms with Crippen molar-refractivity contribution in [2.75, 3.05) is 6.54 Å². The lowest BCUT2D eigenvalue weighted by atomic mass is 9.81. The summed E-state index contributed by atoms with van der Waals surface area (Å²) >= 11 is 0. The number of carbonyl (C=O) groups is 1. The molecule has 5 nitrogen and oxygen atoms in total. The van der Waals surface area contributed by atoms with Crippen LogP contribution in [-0.2, 0) is 6.42 Å². The number of aromatic nitrogens is 3. The zero-order valence-corrected chi connectivity index (χ0v) is 11.9. The van der Waals surface area contributed by atoms with E-state index in [0.717, 1.165) is 37.0 Å². The van der Waals surface area contributed by atoms with Gasteiger partial charge in [0.1, 0.15) is 5.82 Å².